The Hall–Kier alpha value is -0.950. The molecule has 0 spiro atoms. The van der Waals surface area contributed by atoms with Crippen molar-refractivity contribution in [2.24, 2.45) is 0 Å². The van der Waals surface area contributed by atoms with Gasteiger partial charge in [-0.05, 0) is 37.9 Å². The summed E-state index contributed by atoms with van der Waals surface area (Å²) in [5, 5.41) is 13.3. The van der Waals surface area contributed by atoms with E-state index in [1.165, 1.54) is 0 Å². The zero-order chi connectivity index (χ0) is 13.9. The number of hydrogen-bond donors (Lipinski definition) is 3. The molecule has 0 amide bonds. The second-order valence-corrected chi connectivity index (χ2v) is 6.83. The third-order valence-corrected chi connectivity index (χ3v) is 4.99. The van der Waals surface area contributed by atoms with E-state index >= 15 is 0 Å². The van der Waals surface area contributed by atoms with E-state index in [0.717, 1.165) is 13.0 Å². The predicted octanol–water partition coefficient (Wildman–Crippen LogP) is 0.388. The fourth-order valence-corrected chi connectivity index (χ4v) is 3.63. The van der Waals surface area contributed by atoms with Crippen LogP contribution in [-0.2, 0) is 10.0 Å². The summed E-state index contributed by atoms with van der Waals surface area (Å²) in [5.74, 6) is 0. The quantitative estimate of drug-likeness (QED) is 0.747. The van der Waals surface area contributed by atoms with Crippen molar-refractivity contribution >= 4 is 10.0 Å². The van der Waals surface area contributed by atoms with Crippen LogP contribution in [0.25, 0.3) is 0 Å². The smallest absolute Gasteiger partial charge is 0.240 e. The second-order valence-electron chi connectivity index (χ2n) is 5.09. The van der Waals surface area contributed by atoms with E-state index in [-0.39, 0.29) is 11.4 Å². The number of rotatable bonds is 4. The molecule has 1 fully saturated rings. The number of hydrogen-bond acceptors (Lipinski definition) is 4. The Balaban J connectivity index is 2.08. The number of aliphatic hydroxyl groups is 1. The Morgan fingerprint density at radius 3 is 2.79 bits per heavy atom. The van der Waals surface area contributed by atoms with E-state index in [4.69, 9.17) is 0 Å². The van der Waals surface area contributed by atoms with Crippen LogP contribution in [0.5, 0.6) is 0 Å². The highest BCUT2D eigenvalue weighted by atomic mass is 32.2. The molecule has 3 N–H and O–H groups in total. The van der Waals surface area contributed by atoms with Crippen LogP contribution >= 0.6 is 0 Å². The molecule has 2 rings (SSSR count). The fraction of sp³-hybridized carbons (Fsp3) is 0.538. The zero-order valence-electron chi connectivity index (χ0n) is 11.0. The predicted molar refractivity (Wildman–Crippen MR) is 73.4 cm³/mol. The average molecular weight is 284 g/mol. The molecule has 1 unspecified atom stereocenters. The molecule has 1 aromatic carbocycles. The first-order chi connectivity index (χ1) is 8.93. The monoisotopic (exact) mass is 284 g/mol. The summed E-state index contributed by atoms with van der Waals surface area (Å²) >= 11 is 0. The highest BCUT2D eigenvalue weighted by Crippen LogP contribution is 2.18. The molecule has 0 aliphatic carbocycles. The third kappa shape index (κ3) is 3.54. The van der Waals surface area contributed by atoms with Gasteiger partial charge in [-0.3, -0.25) is 0 Å². The minimum Gasteiger partial charge on any atom is -0.387 e. The number of β-amino-alcohol motifs (C(OH)–C–C–N with tert-alkyl or cyclic N) is 1. The van der Waals surface area contributed by atoms with Crippen molar-refractivity contribution in [2.75, 3.05) is 19.6 Å². The molecule has 6 heteroatoms. The number of sulfonamides is 1. The summed E-state index contributed by atoms with van der Waals surface area (Å²) in [6.45, 7) is 3.08. The molecule has 1 atom stereocenters. The van der Waals surface area contributed by atoms with Crippen molar-refractivity contribution in [3.63, 3.8) is 0 Å². The molecule has 1 aliphatic rings. The van der Waals surface area contributed by atoms with E-state index in [9.17, 15) is 13.5 Å². The van der Waals surface area contributed by atoms with E-state index in [2.05, 4.69) is 10.0 Å². The number of piperidine rings is 1. The molecular formula is C13H20N2O3S. The van der Waals surface area contributed by atoms with E-state index in [0.29, 0.717) is 18.5 Å². The summed E-state index contributed by atoms with van der Waals surface area (Å²) in [5.41, 5.74) is -0.294. The molecule has 1 aromatic rings. The van der Waals surface area contributed by atoms with Gasteiger partial charge in [0.2, 0.25) is 10.0 Å². The molecule has 0 aromatic heterocycles. The molecule has 1 heterocycles. The summed E-state index contributed by atoms with van der Waals surface area (Å²) in [4.78, 5) is 0.266. The Labute approximate surface area is 114 Å². The van der Waals surface area contributed by atoms with Crippen LogP contribution < -0.4 is 10.0 Å². The minimum atomic E-state index is -3.57. The van der Waals surface area contributed by atoms with Gasteiger partial charge in [-0.15, -0.1) is 0 Å². The van der Waals surface area contributed by atoms with Crippen LogP contribution in [0.4, 0.5) is 0 Å². The molecule has 19 heavy (non-hydrogen) atoms. The van der Waals surface area contributed by atoms with E-state index < -0.39 is 15.6 Å². The lowest BCUT2D eigenvalue weighted by Crippen LogP contribution is -2.52. The maximum Gasteiger partial charge on any atom is 0.240 e. The van der Waals surface area contributed by atoms with Gasteiger partial charge < -0.3 is 10.4 Å². The summed E-state index contributed by atoms with van der Waals surface area (Å²) in [6.07, 6.45) is 1.46. The molecular weight excluding hydrogens is 264 g/mol. The number of nitrogens with one attached hydrogen (secondary N) is 2. The SMILES string of the molecule is Cc1ccccc1S(=O)(=O)NCC1(O)CCCNC1. The molecule has 106 valence electrons. The van der Waals surface area contributed by atoms with Crippen LogP contribution in [-0.4, -0.2) is 38.8 Å². The minimum absolute atomic E-state index is 0.0384. The average Bonchev–Trinajstić information content (AvgIpc) is 2.38. The molecule has 0 saturated carbocycles. The van der Waals surface area contributed by atoms with Crippen molar-refractivity contribution in [1.82, 2.24) is 10.0 Å². The number of benzene rings is 1. The Kier molecular flexibility index (Phi) is 4.25. The van der Waals surface area contributed by atoms with Crippen LogP contribution in [0.2, 0.25) is 0 Å². The normalized spacial score (nSPS) is 24.3. The first-order valence-electron chi connectivity index (χ1n) is 6.41. The molecule has 1 aliphatic heterocycles. The number of aryl methyl sites for hydroxylation is 1. The molecule has 0 bridgehead atoms. The first kappa shape index (κ1) is 14.5. The van der Waals surface area contributed by atoms with Gasteiger partial charge in [0, 0.05) is 13.1 Å². The lowest BCUT2D eigenvalue weighted by molar-refractivity contribution is 0.0218. The fourth-order valence-electron chi connectivity index (χ4n) is 2.27. The summed E-state index contributed by atoms with van der Waals surface area (Å²) in [7, 11) is -3.57. The van der Waals surface area contributed by atoms with Gasteiger partial charge in [0.15, 0.2) is 0 Å². The summed E-state index contributed by atoms with van der Waals surface area (Å²) in [6, 6.07) is 6.82. The van der Waals surface area contributed by atoms with Gasteiger partial charge in [-0.1, -0.05) is 18.2 Å². The lowest BCUT2D eigenvalue weighted by Gasteiger charge is -2.32. The van der Waals surface area contributed by atoms with Gasteiger partial charge in [0.1, 0.15) is 0 Å². The van der Waals surface area contributed by atoms with E-state index in [1.54, 1.807) is 31.2 Å². The van der Waals surface area contributed by atoms with E-state index in [1.807, 2.05) is 0 Å². The van der Waals surface area contributed by atoms with Crippen LogP contribution in [0.1, 0.15) is 18.4 Å². The summed E-state index contributed by atoms with van der Waals surface area (Å²) < 4.78 is 26.9. The molecule has 1 saturated heterocycles. The van der Waals surface area contributed by atoms with Crippen molar-refractivity contribution in [3.05, 3.63) is 29.8 Å². The molecule has 5 nitrogen and oxygen atoms in total. The van der Waals surface area contributed by atoms with Crippen LogP contribution in [0.15, 0.2) is 29.2 Å². The lowest BCUT2D eigenvalue weighted by atomic mass is 9.95. The second kappa shape index (κ2) is 5.58. The van der Waals surface area contributed by atoms with Crippen LogP contribution in [0.3, 0.4) is 0 Å². The maximum atomic E-state index is 12.2. The highest BCUT2D eigenvalue weighted by molar-refractivity contribution is 7.89. The molecule has 0 radical (unpaired) electrons. The van der Waals surface area contributed by atoms with Gasteiger partial charge >= 0.3 is 0 Å². The standard InChI is InChI=1S/C13H20N2O3S/c1-11-5-2-3-6-12(11)19(17,18)15-10-13(16)7-4-8-14-9-13/h2-3,5-6,14-16H,4,7-10H2,1H3. The van der Waals surface area contributed by atoms with Gasteiger partial charge in [0.05, 0.1) is 10.5 Å². The Morgan fingerprint density at radius 1 is 1.42 bits per heavy atom. The Morgan fingerprint density at radius 2 is 2.16 bits per heavy atom. The Bertz CT molecular complexity index is 537. The third-order valence-electron chi connectivity index (χ3n) is 3.42. The van der Waals surface area contributed by atoms with Crippen molar-refractivity contribution in [3.8, 4) is 0 Å². The largest absolute Gasteiger partial charge is 0.387 e. The first-order valence-corrected chi connectivity index (χ1v) is 7.90. The van der Waals surface area contributed by atoms with Crippen molar-refractivity contribution < 1.29 is 13.5 Å². The van der Waals surface area contributed by atoms with Gasteiger partial charge in [0.25, 0.3) is 0 Å². The highest BCUT2D eigenvalue weighted by Gasteiger charge is 2.31. The van der Waals surface area contributed by atoms with Gasteiger partial charge in [-0.25, -0.2) is 13.1 Å². The van der Waals surface area contributed by atoms with Crippen molar-refractivity contribution in [2.45, 2.75) is 30.3 Å². The van der Waals surface area contributed by atoms with Crippen LogP contribution in [0, 0.1) is 6.92 Å². The topological polar surface area (TPSA) is 78.4 Å². The van der Waals surface area contributed by atoms with Crippen molar-refractivity contribution in [1.29, 1.82) is 0 Å². The zero-order valence-corrected chi connectivity index (χ0v) is 11.8. The van der Waals surface area contributed by atoms with Gasteiger partial charge in [-0.2, -0.15) is 0 Å². The maximum absolute atomic E-state index is 12.2.